The summed E-state index contributed by atoms with van der Waals surface area (Å²) >= 11 is 11.5. The first-order chi connectivity index (χ1) is 16.3. The lowest BCUT2D eigenvalue weighted by Crippen LogP contribution is -2.43. The van der Waals surface area contributed by atoms with Gasteiger partial charge in [0.05, 0.1) is 35.9 Å². The number of nitrogen functional groups attached to an aromatic ring is 1. The van der Waals surface area contributed by atoms with Crippen molar-refractivity contribution in [2.24, 2.45) is 0 Å². The van der Waals surface area contributed by atoms with Gasteiger partial charge in [0.15, 0.2) is 0 Å². The number of amides is 1. The van der Waals surface area contributed by atoms with Crippen LogP contribution in [0.15, 0.2) is 59.5 Å². The number of aromatic nitrogens is 2. The van der Waals surface area contributed by atoms with Crippen molar-refractivity contribution >= 4 is 40.5 Å². The van der Waals surface area contributed by atoms with Crippen LogP contribution < -0.4 is 16.2 Å². The fraction of sp³-hybridized carbons (Fsp3) is 0.320. The van der Waals surface area contributed by atoms with E-state index in [0.717, 1.165) is 23.2 Å². The van der Waals surface area contributed by atoms with Gasteiger partial charge in [-0.3, -0.25) is 9.59 Å². The van der Waals surface area contributed by atoms with Crippen molar-refractivity contribution in [3.05, 3.63) is 81.2 Å². The molecule has 2 N–H and O–H groups in total. The van der Waals surface area contributed by atoms with Crippen molar-refractivity contribution in [2.75, 3.05) is 30.2 Å². The van der Waals surface area contributed by atoms with Crippen LogP contribution in [-0.2, 0) is 16.0 Å². The van der Waals surface area contributed by atoms with E-state index in [1.807, 2.05) is 44.2 Å². The van der Waals surface area contributed by atoms with Gasteiger partial charge >= 0.3 is 0 Å². The Morgan fingerprint density at radius 3 is 2.47 bits per heavy atom. The Kier molecular flexibility index (Phi) is 10.6. The van der Waals surface area contributed by atoms with Crippen LogP contribution in [0.25, 0.3) is 5.69 Å². The molecule has 2 aromatic carbocycles. The Morgan fingerprint density at radius 1 is 1.21 bits per heavy atom. The number of ether oxygens (including phenoxy) is 1. The number of anilines is 2. The van der Waals surface area contributed by atoms with E-state index >= 15 is 0 Å². The molecule has 1 aromatic heterocycles. The van der Waals surface area contributed by atoms with Crippen molar-refractivity contribution < 1.29 is 9.53 Å². The van der Waals surface area contributed by atoms with E-state index in [0.29, 0.717) is 12.3 Å². The van der Waals surface area contributed by atoms with E-state index in [1.54, 1.807) is 24.1 Å². The summed E-state index contributed by atoms with van der Waals surface area (Å²) < 4.78 is 6.38. The van der Waals surface area contributed by atoms with Gasteiger partial charge in [-0.2, -0.15) is 9.78 Å². The van der Waals surface area contributed by atoms with E-state index in [2.05, 4.69) is 18.1 Å². The average Bonchev–Trinajstić information content (AvgIpc) is 2.84. The van der Waals surface area contributed by atoms with Crippen LogP contribution in [0.4, 0.5) is 11.4 Å². The molecule has 1 unspecified atom stereocenters. The minimum Gasteiger partial charge on any atom is -0.396 e. The zero-order valence-electron chi connectivity index (χ0n) is 19.8. The van der Waals surface area contributed by atoms with Gasteiger partial charge in [-0.15, -0.1) is 11.6 Å². The van der Waals surface area contributed by atoms with Gasteiger partial charge in [0.1, 0.15) is 10.9 Å². The number of aryl methyl sites for hydroxylation is 2. The number of carbonyl (C=O) groups is 1. The van der Waals surface area contributed by atoms with Crippen LogP contribution in [-0.4, -0.2) is 41.3 Å². The Labute approximate surface area is 210 Å². The summed E-state index contributed by atoms with van der Waals surface area (Å²) in [7, 11) is 1.64. The molecular formula is C25H30Cl2N4O3. The van der Waals surface area contributed by atoms with Gasteiger partial charge in [-0.05, 0) is 43.5 Å². The Hall–Kier alpha value is -2.87. The molecule has 34 heavy (non-hydrogen) atoms. The van der Waals surface area contributed by atoms with Crippen molar-refractivity contribution in [1.29, 1.82) is 0 Å². The molecule has 1 amide bonds. The number of rotatable bonds is 7. The smallest absolute Gasteiger partial charge is 0.292 e. The number of para-hydroxylation sites is 2. The number of hydrogen-bond acceptors (Lipinski definition) is 5. The van der Waals surface area contributed by atoms with Crippen molar-refractivity contribution in [3.63, 3.8) is 0 Å². The average molecular weight is 505 g/mol. The summed E-state index contributed by atoms with van der Waals surface area (Å²) in [4.78, 5) is 25.6. The van der Waals surface area contributed by atoms with Crippen molar-refractivity contribution in [3.8, 4) is 5.69 Å². The topological polar surface area (TPSA) is 90.4 Å². The largest absolute Gasteiger partial charge is 0.396 e. The van der Waals surface area contributed by atoms with Crippen LogP contribution >= 0.6 is 23.2 Å². The fourth-order valence-corrected chi connectivity index (χ4v) is 3.78. The van der Waals surface area contributed by atoms with Gasteiger partial charge in [-0.25, -0.2) is 0 Å². The first-order valence-corrected chi connectivity index (χ1v) is 11.7. The Morgan fingerprint density at radius 2 is 1.88 bits per heavy atom. The third-order valence-corrected chi connectivity index (χ3v) is 5.73. The summed E-state index contributed by atoms with van der Waals surface area (Å²) in [6.45, 7) is 6.56. The Balaban J connectivity index is 0.000000246. The molecule has 0 aliphatic carbocycles. The number of carbonyl (C=O) groups excluding carboxylic acids is 1. The van der Waals surface area contributed by atoms with Crippen LogP contribution in [0, 0.1) is 6.92 Å². The monoisotopic (exact) mass is 504 g/mol. The summed E-state index contributed by atoms with van der Waals surface area (Å²) in [5, 5.41) is 3.90. The molecule has 1 heterocycles. The quantitative estimate of drug-likeness (QED) is 0.473. The highest BCUT2D eigenvalue weighted by atomic mass is 35.5. The maximum Gasteiger partial charge on any atom is 0.292 e. The van der Waals surface area contributed by atoms with Gasteiger partial charge in [0.2, 0.25) is 5.91 Å². The molecule has 9 heteroatoms. The highest BCUT2D eigenvalue weighted by molar-refractivity contribution is 6.32. The molecular weight excluding hydrogens is 475 g/mol. The van der Waals surface area contributed by atoms with Gasteiger partial charge in [-0.1, -0.05) is 54.9 Å². The minimum absolute atomic E-state index is 0.00569. The molecule has 3 rings (SSSR count). The third-order valence-electron chi connectivity index (χ3n) is 5.12. The first-order valence-electron chi connectivity index (χ1n) is 10.8. The standard InChI is InChI=1S/C15H22ClNO2.C10H8ClN3O/c1-5-13-8-6-7-11(2)15(13)17(14(18)9-16)12(3)10-19-4;11-9-8(12)6-13-14(10(9)15)7-4-2-1-3-5-7/h6-8,12H,5,9-10H2,1-4H3;1-6H,12H2. The Bertz CT molecular complexity index is 1150. The van der Waals surface area contributed by atoms with Crippen LogP contribution in [0.2, 0.25) is 5.02 Å². The summed E-state index contributed by atoms with van der Waals surface area (Å²) in [5.41, 5.74) is 9.10. The maximum absolute atomic E-state index is 12.2. The molecule has 3 aromatic rings. The number of hydrogen-bond donors (Lipinski definition) is 1. The van der Waals surface area contributed by atoms with Gasteiger partial charge < -0.3 is 15.4 Å². The second-order valence-corrected chi connectivity index (χ2v) is 8.25. The van der Waals surface area contributed by atoms with E-state index in [4.69, 9.17) is 33.7 Å². The van der Waals surface area contributed by atoms with E-state index in [9.17, 15) is 9.59 Å². The zero-order chi connectivity index (χ0) is 25.3. The number of benzene rings is 2. The highest BCUT2D eigenvalue weighted by Gasteiger charge is 2.24. The number of alkyl halides is 1. The number of nitrogens with zero attached hydrogens (tertiary/aromatic N) is 3. The van der Waals surface area contributed by atoms with Crippen LogP contribution in [0.3, 0.4) is 0 Å². The fourth-order valence-electron chi connectivity index (χ4n) is 3.52. The molecule has 0 aliphatic rings. The van der Waals surface area contributed by atoms with E-state index < -0.39 is 5.56 Å². The second-order valence-electron chi connectivity index (χ2n) is 7.60. The van der Waals surface area contributed by atoms with Gasteiger partial charge in [0, 0.05) is 7.11 Å². The molecule has 0 spiro atoms. The number of nitrogens with two attached hydrogens (primary N) is 1. The van der Waals surface area contributed by atoms with Crippen molar-refractivity contribution in [2.45, 2.75) is 33.2 Å². The molecule has 0 bridgehead atoms. The van der Waals surface area contributed by atoms with Crippen LogP contribution in [0.1, 0.15) is 25.0 Å². The second kappa shape index (κ2) is 13.1. The van der Waals surface area contributed by atoms with E-state index in [-0.39, 0.29) is 28.5 Å². The van der Waals surface area contributed by atoms with Crippen LogP contribution in [0.5, 0.6) is 0 Å². The van der Waals surface area contributed by atoms with Gasteiger partial charge in [0.25, 0.3) is 5.56 Å². The molecule has 0 fully saturated rings. The summed E-state index contributed by atoms with van der Waals surface area (Å²) in [6, 6.07) is 15.1. The molecule has 0 aliphatic heterocycles. The molecule has 0 saturated carbocycles. The first kappa shape index (κ1) is 27.4. The molecule has 1 atom stereocenters. The highest BCUT2D eigenvalue weighted by Crippen LogP contribution is 2.28. The predicted octanol–water partition coefficient (Wildman–Crippen LogP) is 4.63. The predicted molar refractivity (Wildman–Crippen MR) is 139 cm³/mol. The SMILES string of the molecule is CCc1cccc(C)c1N(C(=O)CCl)C(C)COC.Nc1cnn(-c2ccccc2)c(=O)c1Cl. The summed E-state index contributed by atoms with van der Waals surface area (Å²) in [6.07, 6.45) is 2.24. The molecule has 0 radical (unpaired) electrons. The molecule has 182 valence electrons. The maximum atomic E-state index is 12.2. The minimum atomic E-state index is -0.414. The normalized spacial score (nSPS) is 11.4. The third kappa shape index (κ3) is 6.59. The van der Waals surface area contributed by atoms with Crippen molar-refractivity contribution in [1.82, 2.24) is 9.78 Å². The lowest BCUT2D eigenvalue weighted by atomic mass is 10.0. The summed E-state index contributed by atoms with van der Waals surface area (Å²) in [5.74, 6) is -0.110. The number of methoxy groups -OCH3 is 1. The number of halogens is 2. The molecule has 0 saturated heterocycles. The van der Waals surface area contributed by atoms with E-state index in [1.165, 1.54) is 10.9 Å². The zero-order valence-corrected chi connectivity index (χ0v) is 21.3. The lowest BCUT2D eigenvalue weighted by molar-refractivity contribution is -0.116. The molecule has 7 nitrogen and oxygen atoms in total. The lowest BCUT2D eigenvalue weighted by Gasteiger charge is -2.31.